The first kappa shape index (κ1) is 18.7. The highest BCUT2D eigenvalue weighted by molar-refractivity contribution is 7.08. The Morgan fingerprint density at radius 1 is 1.18 bits per heavy atom. The zero-order chi connectivity index (χ0) is 16.2. The smallest absolute Gasteiger partial charge is 0.306 e. The van der Waals surface area contributed by atoms with E-state index in [9.17, 15) is 9.59 Å². The molecule has 0 bridgehead atoms. The molecule has 0 aromatic carbocycles. The van der Waals surface area contributed by atoms with Crippen LogP contribution in [-0.2, 0) is 14.3 Å². The Morgan fingerprint density at radius 3 is 2.55 bits per heavy atom. The van der Waals surface area contributed by atoms with Gasteiger partial charge in [0.05, 0.1) is 19.4 Å². The summed E-state index contributed by atoms with van der Waals surface area (Å²) in [6.45, 7) is 2.62. The number of carbonyl (C=O) groups excluding carboxylic acids is 1. The summed E-state index contributed by atoms with van der Waals surface area (Å²) >= 11 is 1.51. The highest BCUT2D eigenvalue weighted by Crippen LogP contribution is 2.26. The van der Waals surface area contributed by atoms with Gasteiger partial charge < -0.3 is 9.84 Å². The van der Waals surface area contributed by atoms with E-state index < -0.39 is 5.97 Å². The molecule has 0 aliphatic carbocycles. The van der Waals surface area contributed by atoms with Crippen LogP contribution in [0.1, 0.15) is 69.8 Å². The quantitative estimate of drug-likeness (QED) is 0.450. The first-order valence-electron chi connectivity index (χ1n) is 8.03. The van der Waals surface area contributed by atoms with Gasteiger partial charge in [0.2, 0.25) is 0 Å². The van der Waals surface area contributed by atoms with Crippen LogP contribution < -0.4 is 0 Å². The fourth-order valence-electron chi connectivity index (χ4n) is 2.35. The second-order valence-corrected chi connectivity index (χ2v) is 6.32. The number of carbonyl (C=O) groups is 2. The van der Waals surface area contributed by atoms with Crippen LogP contribution in [0.15, 0.2) is 16.8 Å². The van der Waals surface area contributed by atoms with Crippen LogP contribution >= 0.6 is 11.3 Å². The molecule has 1 atom stereocenters. The van der Waals surface area contributed by atoms with Gasteiger partial charge in [-0.1, -0.05) is 39.0 Å². The summed E-state index contributed by atoms with van der Waals surface area (Å²) in [5.74, 6) is -1.48. The van der Waals surface area contributed by atoms with Gasteiger partial charge in [-0.3, -0.25) is 9.59 Å². The minimum Gasteiger partial charge on any atom is -0.481 e. The van der Waals surface area contributed by atoms with Crippen LogP contribution in [0.5, 0.6) is 0 Å². The van der Waals surface area contributed by atoms with E-state index in [2.05, 4.69) is 6.92 Å². The lowest BCUT2D eigenvalue weighted by molar-refractivity contribution is -0.144. The van der Waals surface area contributed by atoms with Crippen LogP contribution in [-0.4, -0.2) is 23.7 Å². The number of esters is 1. The lowest BCUT2D eigenvalue weighted by atomic mass is 9.95. The minimum absolute atomic E-state index is 0.0388. The van der Waals surface area contributed by atoms with Crippen molar-refractivity contribution in [1.82, 2.24) is 0 Å². The third-order valence-corrected chi connectivity index (χ3v) is 4.31. The number of unbranched alkanes of at least 4 members (excludes halogenated alkanes) is 5. The molecule has 4 nitrogen and oxygen atoms in total. The summed E-state index contributed by atoms with van der Waals surface area (Å²) in [6.07, 6.45) is 6.97. The summed E-state index contributed by atoms with van der Waals surface area (Å²) in [5.41, 5.74) is 0.906. The van der Waals surface area contributed by atoms with E-state index in [1.54, 1.807) is 0 Å². The molecule has 1 N–H and O–H groups in total. The Bertz CT molecular complexity index is 428. The predicted octanol–water partition coefficient (Wildman–Crippen LogP) is 4.60. The lowest BCUT2D eigenvalue weighted by Crippen LogP contribution is -2.14. The number of ether oxygens (including phenoxy) is 1. The van der Waals surface area contributed by atoms with Crippen molar-refractivity contribution in [1.29, 1.82) is 0 Å². The van der Waals surface area contributed by atoms with Gasteiger partial charge in [0.1, 0.15) is 0 Å². The number of thiophene rings is 1. The molecule has 1 unspecified atom stereocenters. The molecule has 0 saturated carbocycles. The molecule has 1 heterocycles. The van der Waals surface area contributed by atoms with Gasteiger partial charge in [-0.15, -0.1) is 0 Å². The molecule has 0 saturated heterocycles. The average Bonchev–Trinajstić information content (AvgIpc) is 2.99. The van der Waals surface area contributed by atoms with E-state index >= 15 is 0 Å². The predicted molar refractivity (Wildman–Crippen MR) is 88.3 cm³/mol. The van der Waals surface area contributed by atoms with Gasteiger partial charge in [-0.05, 0) is 28.8 Å². The summed E-state index contributed by atoms with van der Waals surface area (Å²) in [4.78, 5) is 22.8. The molecule has 124 valence electrons. The highest BCUT2D eigenvalue weighted by Gasteiger charge is 2.20. The van der Waals surface area contributed by atoms with Crippen molar-refractivity contribution in [2.45, 2.75) is 64.2 Å². The number of hydrogen-bond acceptors (Lipinski definition) is 4. The van der Waals surface area contributed by atoms with Crippen molar-refractivity contribution in [2.75, 3.05) is 6.61 Å². The number of aliphatic carboxylic acids is 1. The highest BCUT2D eigenvalue weighted by atomic mass is 32.1. The van der Waals surface area contributed by atoms with Crippen LogP contribution in [0.25, 0.3) is 0 Å². The topological polar surface area (TPSA) is 63.6 Å². The van der Waals surface area contributed by atoms with Crippen molar-refractivity contribution in [3.05, 3.63) is 22.4 Å². The van der Waals surface area contributed by atoms with Crippen LogP contribution in [0, 0.1) is 0 Å². The zero-order valence-corrected chi connectivity index (χ0v) is 14.1. The largest absolute Gasteiger partial charge is 0.481 e. The van der Waals surface area contributed by atoms with E-state index in [1.807, 2.05) is 16.8 Å². The van der Waals surface area contributed by atoms with Gasteiger partial charge in [-0.2, -0.15) is 11.3 Å². The number of rotatable bonds is 12. The molecule has 0 aliphatic heterocycles. The maximum absolute atomic E-state index is 11.9. The van der Waals surface area contributed by atoms with Crippen molar-refractivity contribution in [3.8, 4) is 0 Å². The third-order valence-electron chi connectivity index (χ3n) is 3.61. The summed E-state index contributed by atoms with van der Waals surface area (Å²) in [7, 11) is 0. The van der Waals surface area contributed by atoms with Gasteiger partial charge in [0.15, 0.2) is 0 Å². The summed E-state index contributed by atoms with van der Waals surface area (Å²) < 4.78 is 5.23. The first-order valence-corrected chi connectivity index (χ1v) is 8.97. The number of carboxylic acid groups (broad SMARTS) is 1. The minimum atomic E-state index is -0.889. The third kappa shape index (κ3) is 8.17. The SMILES string of the molecule is CCCCCCCCOC(=O)CC(CC(=O)O)c1ccsc1. The van der Waals surface area contributed by atoms with E-state index in [-0.39, 0.29) is 24.7 Å². The van der Waals surface area contributed by atoms with Crippen molar-refractivity contribution in [3.63, 3.8) is 0 Å². The van der Waals surface area contributed by atoms with E-state index in [4.69, 9.17) is 9.84 Å². The molecular formula is C17H26O4S. The Labute approximate surface area is 136 Å². The number of carboxylic acids is 1. The molecule has 5 heteroatoms. The van der Waals surface area contributed by atoms with E-state index in [0.29, 0.717) is 6.61 Å². The standard InChI is InChI=1S/C17H26O4S/c1-2-3-4-5-6-7-9-21-17(20)12-15(11-16(18)19)14-8-10-22-13-14/h8,10,13,15H,2-7,9,11-12H2,1H3,(H,18,19). The van der Waals surface area contributed by atoms with Gasteiger partial charge in [0.25, 0.3) is 0 Å². The molecule has 0 fully saturated rings. The van der Waals surface area contributed by atoms with Gasteiger partial charge in [0, 0.05) is 5.92 Å². The maximum Gasteiger partial charge on any atom is 0.306 e. The fourth-order valence-corrected chi connectivity index (χ4v) is 3.10. The van der Waals surface area contributed by atoms with Crippen molar-refractivity contribution in [2.24, 2.45) is 0 Å². The van der Waals surface area contributed by atoms with Crippen molar-refractivity contribution >= 4 is 23.3 Å². The first-order chi connectivity index (χ1) is 10.6. The van der Waals surface area contributed by atoms with Crippen LogP contribution in [0.3, 0.4) is 0 Å². The normalized spacial score (nSPS) is 12.0. The van der Waals surface area contributed by atoms with Crippen molar-refractivity contribution < 1.29 is 19.4 Å². The molecule has 0 aliphatic rings. The summed E-state index contributed by atoms with van der Waals surface area (Å²) in [6, 6.07) is 1.87. The average molecular weight is 326 g/mol. The monoisotopic (exact) mass is 326 g/mol. The second-order valence-electron chi connectivity index (χ2n) is 5.54. The molecule has 0 radical (unpaired) electrons. The Hall–Kier alpha value is -1.36. The van der Waals surface area contributed by atoms with Crippen LogP contribution in [0.4, 0.5) is 0 Å². The Kier molecular flexibility index (Phi) is 9.55. The van der Waals surface area contributed by atoms with Crippen LogP contribution in [0.2, 0.25) is 0 Å². The molecule has 1 aromatic rings. The van der Waals surface area contributed by atoms with E-state index in [0.717, 1.165) is 18.4 Å². The fraction of sp³-hybridized carbons (Fsp3) is 0.647. The molecule has 0 spiro atoms. The molecule has 1 aromatic heterocycles. The molecule has 22 heavy (non-hydrogen) atoms. The summed E-state index contributed by atoms with van der Waals surface area (Å²) in [5, 5.41) is 12.8. The second kappa shape index (κ2) is 11.2. The zero-order valence-electron chi connectivity index (χ0n) is 13.3. The number of hydrogen-bond donors (Lipinski definition) is 1. The van der Waals surface area contributed by atoms with Gasteiger partial charge in [-0.25, -0.2) is 0 Å². The molecular weight excluding hydrogens is 300 g/mol. The lowest BCUT2D eigenvalue weighted by Gasteiger charge is -2.13. The Morgan fingerprint density at radius 2 is 1.91 bits per heavy atom. The molecule has 0 amide bonds. The maximum atomic E-state index is 11.9. The van der Waals surface area contributed by atoms with E-state index in [1.165, 1.54) is 37.0 Å². The van der Waals surface area contributed by atoms with Gasteiger partial charge >= 0.3 is 11.9 Å². The Balaban J connectivity index is 2.24. The molecule has 1 rings (SSSR count).